The van der Waals surface area contributed by atoms with E-state index in [1.807, 2.05) is 13.8 Å². The molecule has 2 atom stereocenters. The first kappa shape index (κ1) is 11.5. The largest absolute Gasteiger partial charge is 0.324 e. The highest BCUT2D eigenvalue weighted by atomic mass is 35.5. The molecule has 14 heavy (non-hydrogen) atoms. The second kappa shape index (κ2) is 4.76. The van der Waals surface area contributed by atoms with Crippen molar-refractivity contribution in [3.05, 3.63) is 34.6 Å². The minimum atomic E-state index is -0.279. The average Bonchev–Trinajstić information content (AvgIpc) is 2.19. The molecule has 1 rings (SSSR count). The Kier molecular flexibility index (Phi) is 3.90. The molecule has 0 heterocycles. The molecule has 1 nitrogen and oxygen atoms in total. The van der Waals surface area contributed by atoms with E-state index in [0.29, 0.717) is 10.6 Å². The van der Waals surface area contributed by atoms with E-state index in [0.717, 1.165) is 6.42 Å². The van der Waals surface area contributed by atoms with Crippen molar-refractivity contribution in [2.75, 3.05) is 0 Å². The molecule has 0 radical (unpaired) electrons. The topological polar surface area (TPSA) is 26.0 Å². The Labute approximate surface area is 89.1 Å². The van der Waals surface area contributed by atoms with Gasteiger partial charge in [-0.15, -0.1) is 0 Å². The molecule has 0 saturated carbocycles. The van der Waals surface area contributed by atoms with Gasteiger partial charge in [0.05, 0.1) is 0 Å². The van der Waals surface area contributed by atoms with Gasteiger partial charge in [0, 0.05) is 16.6 Å². The molecule has 0 aromatic heterocycles. The standard InChI is InChI=1S/C11H15ClFN/c1-3-7(2)11(14)9-6-8(12)4-5-10(9)13/h4-7,11H,3,14H2,1-2H3/t7?,11-/m0/s1. The van der Waals surface area contributed by atoms with Gasteiger partial charge in [0.2, 0.25) is 0 Å². The van der Waals surface area contributed by atoms with E-state index in [2.05, 4.69) is 0 Å². The van der Waals surface area contributed by atoms with Gasteiger partial charge in [-0.05, 0) is 24.1 Å². The van der Waals surface area contributed by atoms with Crippen LogP contribution in [0.5, 0.6) is 0 Å². The molecular formula is C11H15ClFN. The lowest BCUT2D eigenvalue weighted by molar-refractivity contribution is 0.439. The third kappa shape index (κ3) is 2.46. The van der Waals surface area contributed by atoms with E-state index >= 15 is 0 Å². The minimum Gasteiger partial charge on any atom is -0.324 e. The van der Waals surface area contributed by atoms with Crippen molar-refractivity contribution in [1.82, 2.24) is 0 Å². The van der Waals surface area contributed by atoms with Crippen molar-refractivity contribution in [3.63, 3.8) is 0 Å². The van der Waals surface area contributed by atoms with E-state index in [4.69, 9.17) is 17.3 Å². The Morgan fingerprint density at radius 2 is 2.14 bits per heavy atom. The van der Waals surface area contributed by atoms with Crippen molar-refractivity contribution in [2.24, 2.45) is 11.7 Å². The zero-order valence-electron chi connectivity index (χ0n) is 8.43. The van der Waals surface area contributed by atoms with Gasteiger partial charge in [-0.25, -0.2) is 4.39 Å². The molecule has 1 aromatic carbocycles. The molecule has 1 aromatic rings. The van der Waals surface area contributed by atoms with E-state index in [1.165, 1.54) is 12.1 Å². The fourth-order valence-corrected chi connectivity index (χ4v) is 1.51. The fraction of sp³-hybridized carbons (Fsp3) is 0.455. The van der Waals surface area contributed by atoms with Gasteiger partial charge in [0.15, 0.2) is 0 Å². The second-order valence-corrected chi connectivity index (χ2v) is 4.01. The number of nitrogens with two attached hydrogens (primary N) is 1. The minimum absolute atomic E-state index is 0.253. The van der Waals surface area contributed by atoms with Gasteiger partial charge in [-0.3, -0.25) is 0 Å². The molecular weight excluding hydrogens is 201 g/mol. The monoisotopic (exact) mass is 215 g/mol. The Morgan fingerprint density at radius 1 is 1.50 bits per heavy atom. The molecule has 0 saturated heterocycles. The van der Waals surface area contributed by atoms with Crippen molar-refractivity contribution >= 4 is 11.6 Å². The smallest absolute Gasteiger partial charge is 0.128 e. The molecule has 0 amide bonds. The molecule has 78 valence electrons. The molecule has 0 aliphatic carbocycles. The number of rotatable bonds is 3. The molecule has 0 aliphatic rings. The first-order valence-electron chi connectivity index (χ1n) is 4.76. The van der Waals surface area contributed by atoms with Gasteiger partial charge in [0.25, 0.3) is 0 Å². The lowest BCUT2D eigenvalue weighted by Gasteiger charge is -2.19. The zero-order valence-corrected chi connectivity index (χ0v) is 9.18. The predicted molar refractivity (Wildman–Crippen MR) is 57.8 cm³/mol. The van der Waals surface area contributed by atoms with E-state index < -0.39 is 0 Å². The first-order valence-corrected chi connectivity index (χ1v) is 5.14. The van der Waals surface area contributed by atoms with Crippen molar-refractivity contribution < 1.29 is 4.39 Å². The summed E-state index contributed by atoms with van der Waals surface area (Å²) in [6, 6.07) is 4.22. The SMILES string of the molecule is CCC(C)[C@H](N)c1cc(Cl)ccc1F. The molecule has 0 bridgehead atoms. The summed E-state index contributed by atoms with van der Waals surface area (Å²) in [5.74, 6) is -0.0230. The van der Waals surface area contributed by atoms with Crippen LogP contribution in [0.25, 0.3) is 0 Å². The van der Waals surface area contributed by atoms with Crippen molar-refractivity contribution in [2.45, 2.75) is 26.3 Å². The summed E-state index contributed by atoms with van der Waals surface area (Å²) in [7, 11) is 0. The Bertz CT molecular complexity index is 314. The summed E-state index contributed by atoms with van der Waals surface area (Å²) >= 11 is 5.79. The van der Waals surface area contributed by atoms with E-state index in [-0.39, 0.29) is 17.8 Å². The summed E-state index contributed by atoms with van der Waals surface area (Å²) in [6.45, 7) is 4.04. The molecule has 0 aliphatic heterocycles. The Morgan fingerprint density at radius 3 is 2.71 bits per heavy atom. The average molecular weight is 216 g/mol. The maximum atomic E-state index is 13.4. The van der Waals surface area contributed by atoms with Crippen LogP contribution in [-0.2, 0) is 0 Å². The van der Waals surface area contributed by atoms with Crippen LogP contribution in [0.15, 0.2) is 18.2 Å². The van der Waals surface area contributed by atoms with Gasteiger partial charge in [-0.1, -0.05) is 31.9 Å². The van der Waals surface area contributed by atoms with Gasteiger partial charge >= 0.3 is 0 Å². The summed E-state index contributed by atoms with van der Waals surface area (Å²) in [5.41, 5.74) is 6.43. The highest BCUT2D eigenvalue weighted by Gasteiger charge is 2.17. The molecule has 1 unspecified atom stereocenters. The summed E-state index contributed by atoms with van der Waals surface area (Å²) < 4.78 is 13.4. The third-order valence-electron chi connectivity index (χ3n) is 2.57. The second-order valence-electron chi connectivity index (χ2n) is 3.58. The van der Waals surface area contributed by atoms with E-state index in [1.54, 1.807) is 6.07 Å². The van der Waals surface area contributed by atoms with Crippen LogP contribution in [0.3, 0.4) is 0 Å². The highest BCUT2D eigenvalue weighted by molar-refractivity contribution is 6.30. The summed E-state index contributed by atoms with van der Waals surface area (Å²) in [5, 5.41) is 0.528. The first-order chi connectivity index (χ1) is 6.56. The lowest BCUT2D eigenvalue weighted by Crippen LogP contribution is -2.19. The molecule has 2 N–H and O–H groups in total. The Hall–Kier alpha value is -0.600. The van der Waals surface area contributed by atoms with Crippen molar-refractivity contribution in [3.8, 4) is 0 Å². The normalized spacial score (nSPS) is 15.2. The maximum Gasteiger partial charge on any atom is 0.128 e. The molecule has 3 heteroatoms. The lowest BCUT2D eigenvalue weighted by atomic mass is 9.93. The van der Waals surface area contributed by atoms with Crippen LogP contribution in [0.1, 0.15) is 31.9 Å². The van der Waals surface area contributed by atoms with Crippen LogP contribution in [0.4, 0.5) is 4.39 Å². The number of hydrogen-bond acceptors (Lipinski definition) is 1. The van der Waals surface area contributed by atoms with Crippen LogP contribution in [-0.4, -0.2) is 0 Å². The van der Waals surface area contributed by atoms with Gasteiger partial charge in [-0.2, -0.15) is 0 Å². The van der Waals surface area contributed by atoms with Crippen molar-refractivity contribution in [1.29, 1.82) is 0 Å². The molecule has 0 spiro atoms. The fourth-order valence-electron chi connectivity index (χ4n) is 1.33. The number of halogens is 2. The summed E-state index contributed by atoms with van der Waals surface area (Å²) in [4.78, 5) is 0. The van der Waals surface area contributed by atoms with Crippen LogP contribution in [0.2, 0.25) is 5.02 Å². The predicted octanol–water partition coefficient (Wildman–Crippen LogP) is 3.53. The highest BCUT2D eigenvalue weighted by Crippen LogP contribution is 2.26. The Balaban J connectivity index is 2.99. The van der Waals surface area contributed by atoms with Crippen LogP contribution >= 0.6 is 11.6 Å². The zero-order chi connectivity index (χ0) is 10.7. The third-order valence-corrected chi connectivity index (χ3v) is 2.81. The number of hydrogen-bond donors (Lipinski definition) is 1. The molecule has 0 fully saturated rings. The van der Waals surface area contributed by atoms with Crippen LogP contribution < -0.4 is 5.73 Å². The van der Waals surface area contributed by atoms with Crippen LogP contribution in [0, 0.1) is 11.7 Å². The number of benzene rings is 1. The summed E-state index contributed by atoms with van der Waals surface area (Å²) in [6.07, 6.45) is 0.924. The maximum absolute atomic E-state index is 13.4. The van der Waals surface area contributed by atoms with Gasteiger partial charge < -0.3 is 5.73 Å². The van der Waals surface area contributed by atoms with Gasteiger partial charge in [0.1, 0.15) is 5.82 Å². The van der Waals surface area contributed by atoms with E-state index in [9.17, 15) is 4.39 Å². The quantitative estimate of drug-likeness (QED) is 0.820.